The summed E-state index contributed by atoms with van der Waals surface area (Å²) in [5.41, 5.74) is 4.21. The van der Waals surface area contributed by atoms with Crippen LogP contribution >= 0.6 is 11.6 Å². The second-order valence-electron chi connectivity index (χ2n) is 8.61. The quantitative estimate of drug-likeness (QED) is 0.407. The number of carbonyl (C=O) groups is 1. The minimum absolute atomic E-state index is 0.328. The number of hydrogen-bond donors (Lipinski definition) is 3. The summed E-state index contributed by atoms with van der Waals surface area (Å²) < 4.78 is 14.0. The molecule has 2 aromatic carbocycles. The minimum Gasteiger partial charge on any atom is -0.379 e. The van der Waals surface area contributed by atoms with E-state index in [9.17, 15) is 9.18 Å². The molecular weight excluding hydrogens is 425 g/mol. The average molecular weight is 460 g/mol. The third kappa shape index (κ3) is 7.03. The highest BCUT2D eigenvalue weighted by atomic mass is 35.5. The number of anilines is 1. The molecule has 1 aliphatic carbocycles. The molecule has 2 aliphatic rings. The Balaban J connectivity index is 0.000000269. The van der Waals surface area contributed by atoms with E-state index in [1.807, 2.05) is 6.07 Å². The van der Waals surface area contributed by atoms with Crippen molar-refractivity contribution in [2.75, 3.05) is 25.5 Å². The SMILES string of the molecule is CNC1CCCCCC1.O=Cc1ccc(CNc2c(Cl)ccc3c2CCNCC3)c(F)c1. The second-order valence-corrected chi connectivity index (χ2v) is 9.02. The first-order valence-electron chi connectivity index (χ1n) is 11.8. The smallest absolute Gasteiger partial charge is 0.150 e. The molecule has 0 atom stereocenters. The Morgan fingerprint density at radius 1 is 1.09 bits per heavy atom. The van der Waals surface area contributed by atoms with Gasteiger partial charge in [0.1, 0.15) is 12.1 Å². The van der Waals surface area contributed by atoms with Crippen molar-refractivity contribution in [3.8, 4) is 0 Å². The van der Waals surface area contributed by atoms with Crippen LogP contribution in [-0.4, -0.2) is 32.5 Å². The molecule has 1 aliphatic heterocycles. The molecule has 0 radical (unpaired) electrons. The van der Waals surface area contributed by atoms with Crippen LogP contribution in [-0.2, 0) is 19.4 Å². The van der Waals surface area contributed by atoms with E-state index in [0.29, 0.717) is 29.0 Å². The Kier molecular flexibility index (Phi) is 9.97. The maximum absolute atomic E-state index is 14.0. The predicted octanol–water partition coefficient (Wildman–Crippen LogP) is 5.52. The van der Waals surface area contributed by atoms with E-state index in [-0.39, 0.29) is 5.82 Å². The van der Waals surface area contributed by atoms with Gasteiger partial charge >= 0.3 is 0 Å². The normalized spacial score (nSPS) is 16.7. The first-order chi connectivity index (χ1) is 15.6. The molecule has 0 bridgehead atoms. The fourth-order valence-electron chi connectivity index (χ4n) is 4.47. The number of nitrogens with one attached hydrogen (secondary N) is 3. The molecule has 174 valence electrons. The summed E-state index contributed by atoms with van der Waals surface area (Å²) in [6.07, 6.45) is 11.1. The second kappa shape index (κ2) is 12.9. The van der Waals surface area contributed by atoms with Gasteiger partial charge in [0, 0.05) is 23.7 Å². The highest BCUT2D eigenvalue weighted by molar-refractivity contribution is 6.33. The van der Waals surface area contributed by atoms with Gasteiger partial charge < -0.3 is 16.0 Å². The van der Waals surface area contributed by atoms with Crippen LogP contribution in [0.25, 0.3) is 0 Å². The van der Waals surface area contributed by atoms with Crippen molar-refractivity contribution in [2.24, 2.45) is 0 Å². The highest BCUT2D eigenvalue weighted by Gasteiger charge is 2.15. The van der Waals surface area contributed by atoms with Gasteiger partial charge in [-0.3, -0.25) is 4.79 Å². The maximum atomic E-state index is 14.0. The van der Waals surface area contributed by atoms with Gasteiger partial charge in [0.15, 0.2) is 0 Å². The van der Waals surface area contributed by atoms with Crippen molar-refractivity contribution in [1.29, 1.82) is 0 Å². The van der Waals surface area contributed by atoms with Crippen molar-refractivity contribution in [1.82, 2.24) is 10.6 Å². The Bertz CT molecular complexity index is 882. The average Bonchev–Trinajstić information content (AvgIpc) is 3.22. The Morgan fingerprint density at radius 3 is 2.53 bits per heavy atom. The number of rotatable bonds is 5. The van der Waals surface area contributed by atoms with Crippen LogP contribution in [0.5, 0.6) is 0 Å². The van der Waals surface area contributed by atoms with Gasteiger partial charge in [-0.2, -0.15) is 0 Å². The topological polar surface area (TPSA) is 53.2 Å². The standard InChI is InChI=1S/C18H18ClFN2O.C8H17N/c19-16-4-3-13-5-7-21-8-6-15(13)18(16)22-10-14-2-1-12(11-23)9-17(14)20;1-9-8-6-4-2-3-5-7-8/h1-4,9,11,21-22H,5-8,10H2;8-9H,2-7H2,1H3. The molecule has 3 N–H and O–H groups in total. The van der Waals surface area contributed by atoms with Crippen LogP contribution in [0, 0.1) is 5.82 Å². The van der Waals surface area contributed by atoms with Crippen LogP contribution in [0.1, 0.15) is 65.6 Å². The Hall–Kier alpha value is -1.95. The molecule has 4 rings (SSSR count). The molecule has 2 aromatic rings. The lowest BCUT2D eigenvalue weighted by Crippen LogP contribution is -2.23. The number of hydrogen-bond acceptors (Lipinski definition) is 4. The van der Waals surface area contributed by atoms with E-state index >= 15 is 0 Å². The first kappa shape index (κ1) is 24.7. The third-order valence-corrected chi connectivity index (χ3v) is 6.73. The van der Waals surface area contributed by atoms with Crippen molar-refractivity contribution >= 4 is 23.6 Å². The lowest BCUT2D eigenvalue weighted by atomic mass is 10.0. The van der Waals surface area contributed by atoms with Crippen molar-refractivity contribution < 1.29 is 9.18 Å². The summed E-state index contributed by atoms with van der Waals surface area (Å²) >= 11 is 6.35. The number of halogens is 2. The summed E-state index contributed by atoms with van der Waals surface area (Å²) in [6.45, 7) is 2.19. The van der Waals surface area contributed by atoms with Gasteiger partial charge in [-0.25, -0.2) is 4.39 Å². The van der Waals surface area contributed by atoms with Crippen molar-refractivity contribution in [2.45, 2.75) is 64.0 Å². The number of benzene rings is 2. The summed E-state index contributed by atoms with van der Waals surface area (Å²) in [7, 11) is 2.08. The molecule has 1 heterocycles. The first-order valence-corrected chi connectivity index (χ1v) is 12.2. The van der Waals surface area contributed by atoms with E-state index in [2.05, 4.69) is 29.1 Å². The molecule has 0 spiro atoms. The molecule has 0 amide bonds. The van der Waals surface area contributed by atoms with Crippen LogP contribution in [0.2, 0.25) is 5.02 Å². The van der Waals surface area contributed by atoms with E-state index in [1.165, 1.54) is 55.7 Å². The van der Waals surface area contributed by atoms with Crippen LogP contribution in [0.3, 0.4) is 0 Å². The van der Waals surface area contributed by atoms with Crippen molar-refractivity contribution in [3.63, 3.8) is 0 Å². The lowest BCUT2D eigenvalue weighted by Gasteiger charge is -2.16. The summed E-state index contributed by atoms with van der Waals surface area (Å²) in [4.78, 5) is 10.7. The summed E-state index contributed by atoms with van der Waals surface area (Å²) in [6, 6.07) is 9.27. The van der Waals surface area contributed by atoms with Gasteiger partial charge in [-0.1, -0.05) is 55.5 Å². The van der Waals surface area contributed by atoms with E-state index in [0.717, 1.165) is 37.7 Å². The molecule has 6 heteroatoms. The number of fused-ring (bicyclic) bond motifs is 1. The number of carbonyl (C=O) groups excluding carboxylic acids is 1. The highest BCUT2D eigenvalue weighted by Crippen LogP contribution is 2.31. The predicted molar refractivity (Wildman–Crippen MR) is 131 cm³/mol. The van der Waals surface area contributed by atoms with E-state index < -0.39 is 0 Å². The zero-order chi connectivity index (χ0) is 22.8. The molecular formula is C26H35ClFN3O. The summed E-state index contributed by atoms with van der Waals surface area (Å²) in [5, 5.41) is 10.6. The van der Waals surface area contributed by atoms with Crippen LogP contribution in [0.15, 0.2) is 30.3 Å². The molecule has 0 saturated heterocycles. The monoisotopic (exact) mass is 459 g/mol. The third-order valence-electron chi connectivity index (χ3n) is 6.41. The minimum atomic E-state index is -0.387. The number of aldehydes is 1. The van der Waals surface area contributed by atoms with Gasteiger partial charge in [0.25, 0.3) is 0 Å². The Labute approximate surface area is 196 Å². The van der Waals surface area contributed by atoms with Gasteiger partial charge in [0.05, 0.1) is 10.7 Å². The van der Waals surface area contributed by atoms with Gasteiger partial charge in [0.2, 0.25) is 0 Å². The molecule has 32 heavy (non-hydrogen) atoms. The van der Waals surface area contributed by atoms with E-state index in [4.69, 9.17) is 11.6 Å². The zero-order valence-electron chi connectivity index (χ0n) is 19.0. The lowest BCUT2D eigenvalue weighted by molar-refractivity contribution is 0.112. The largest absolute Gasteiger partial charge is 0.379 e. The molecule has 0 unspecified atom stereocenters. The van der Waals surface area contributed by atoms with Gasteiger partial charge in [-0.05, 0) is 69.1 Å². The molecule has 1 fully saturated rings. The summed E-state index contributed by atoms with van der Waals surface area (Å²) in [5.74, 6) is -0.387. The van der Waals surface area contributed by atoms with Crippen molar-refractivity contribution in [3.05, 3.63) is 63.4 Å². The van der Waals surface area contributed by atoms with Gasteiger partial charge in [-0.15, -0.1) is 0 Å². The van der Waals surface area contributed by atoms with Crippen LogP contribution in [0.4, 0.5) is 10.1 Å². The van der Waals surface area contributed by atoms with E-state index in [1.54, 1.807) is 12.1 Å². The molecule has 1 saturated carbocycles. The fraction of sp³-hybridized carbons (Fsp3) is 0.500. The fourth-order valence-corrected chi connectivity index (χ4v) is 4.71. The molecule has 4 nitrogen and oxygen atoms in total. The molecule has 0 aromatic heterocycles. The van der Waals surface area contributed by atoms with Crippen LogP contribution < -0.4 is 16.0 Å². The Morgan fingerprint density at radius 2 is 1.84 bits per heavy atom. The zero-order valence-corrected chi connectivity index (χ0v) is 19.7. The maximum Gasteiger partial charge on any atom is 0.150 e.